The molecule has 0 aliphatic carbocycles. The Morgan fingerprint density at radius 2 is 1.52 bits per heavy atom. The molecule has 2 rings (SSSR count). The Balaban J connectivity index is 2.12. The standard InChI is InChI=1S/C22H28N2O3/c1-3-15-23(16-19-11-7-5-8-12-19)17-21(25)24(18-22(26)27-4-2)20-13-9-6-10-14-20/h5-14H,3-4,15-18H2,1-2H3. The Kier molecular flexibility index (Phi) is 8.52. The summed E-state index contributed by atoms with van der Waals surface area (Å²) in [6.07, 6.45) is 0.948. The molecule has 0 radical (unpaired) electrons. The van der Waals surface area contributed by atoms with Crippen LogP contribution >= 0.6 is 0 Å². The van der Waals surface area contributed by atoms with Gasteiger partial charge in [-0.1, -0.05) is 55.5 Å². The fourth-order valence-electron chi connectivity index (χ4n) is 2.92. The van der Waals surface area contributed by atoms with Crippen LogP contribution in [0.3, 0.4) is 0 Å². The average molecular weight is 368 g/mol. The van der Waals surface area contributed by atoms with E-state index in [9.17, 15) is 9.59 Å². The van der Waals surface area contributed by atoms with E-state index in [4.69, 9.17) is 4.74 Å². The van der Waals surface area contributed by atoms with E-state index >= 15 is 0 Å². The molecule has 0 aliphatic heterocycles. The molecule has 27 heavy (non-hydrogen) atoms. The summed E-state index contributed by atoms with van der Waals surface area (Å²) in [6.45, 7) is 5.82. The highest BCUT2D eigenvalue weighted by Crippen LogP contribution is 2.15. The monoisotopic (exact) mass is 368 g/mol. The number of hydrogen-bond donors (Lipinski definition) is 0. The molecular formula is C22H28N2O3. The number of amides is 1. The molecule has 2 aromatic carbocycles. The Hall–Kier alpha value is -2.66. The summed E-state index contributed by atoms with van der Waals surface area (Å²) in [4.78, 5) is 28.7. The van der Waals surface area contributed by atoms with Gasteiger partial charge < -0.3 is 9.64 Å². The molecule has 0 bridgehead atoms. The van der Waals surface area contributed by atoms with Gasteiger partial charge in [-0.2, -0.15) is 0 Å². The lowest BCUT2D eigenvalue weighted by atomic mass is 10.2. The normalized spacial score (nSPS) is 10.6. The first-order chi connectivity index (χ1) is 13.1. The van der Waals surface area contributed by atoms with Gasteiger partial charge in [-0.05, 0) is 37.6 Å². The lowest BCUT2D eigenvalue weighted by Crippen LogP contribution is -2.43. The van der Waals surface area contributed by atoms with E-state index in [0.29, 0.717) is 18.8 Å². The van der Waals surface area contributed by atoms with E-state index in [-0.39, 0.29) is 19.0 Å². The molecule has 144 valence electrons. The zero-order chi connectivity index (χ0) is 19.5. The van der Waals surface area contributed by atoms with Crippen LogP contribution in [0.1, 0.15) is 25.8 Å². The van der Waals surface area contributed by atoms with Gasteiger partial charge in [0, 0.05) is 12.2 Å². The summed E-state index contributed by atoms with van der Waals surface area (Å²) < 4.78 is 5.05. The molecule has 0 N–H and O–H groups in total. The molecule has 0 aliphatic rings. The maximum absolute atomic E-state index is 13.0. The van der Waals surface area contributed by atoms with E-state index in [1.165, 1.54) is 4.90 Å². The molecule has 5 heteroatoms. The van der Waals surface area contributed by atoms with Gasteiger partial charge in [0.15, 0.2) is 0 Å². The predicted octanol–water partition coefficient (Wildman–Crippen LogP) is 3.49. The van der Waals surface area contributed by atoms with E-state index < -0.39 is 5.97 Å². The van der Waals surface area contributed by atoms with Gasteiger partial charge >= 0.3 is 5.97 Å². The molecule has 2 aromatic rings. The van der Waals surface area contributed by atoms with Crippen LogP contribution in [-0.4, -0.2) is 43.0 Å². The van der Waals surface area contributed by atoms with Crippen LogP contribution in [-0.2, 0) is 20.9 Å². The maximum Gasteiger partial charge on any atom is 0.326 e. The molecule has 0 saturated carbocycles. The first-order valence-corrected chi connectivity index (χ1v) is 9.41. The van der Waals surface area contributed by atoms with Crippen LogP contribution in [0.5, 0.6) is 0 Å². The van der Waals surface area contributed by atoms with Crippen molar-refractivity contribution in [2.75, 3.05) is 31.1 Å². The number of carbonyl (C=O) groups is 2. The molecule has 0 atom stereocenters. The summed E-state index contributed by atoms with van der Waals surface area (Å²) in [5, 5.41) is 0. The third-order valence-corrected chi connectivity index (χ3v) is 4.11. The van der Waals surface area contributed by atoms with Gasteiger partial charge in [0.05, 0.1) is 13.2 Å². The summed E-state index contributed by atoms with van der Waals surface area (Å²) in [5.74, 6) is -0.515. The smallest absolute Gasteiger partial charge is 0.326 e. The van der Waals surface area contributed by atoms with Crippen molar-refractivity contribution in [1.29, 1.82) is 0 Å². The van der Waals surface area contributed by atoms with E-state index in [0.717, 1.165) is 18.5 Å². The van der Waals surface area contributed by atoms with Crippen molar-refractivity contribution < 1.29 is 14.3 Å². The van der Waals surface area contributed by atoms with Gasteiger partial charge in [0.2, 0.25) is 5.91 Å². The predicted molar refractivity (Wildman–Crippen MR) is 107 cm³/mol. The van der Waals surface area contributed by atoms with E-state index in [1.807, 2.05) is 48.5 Å². The number of carbonyl (C=O) groups excluding carboxylic acids is 2. The topological polar surface area (TPSA) is 49.9 Å². The summed E-state index contributed by atoms with van der Waals surface area (Å²) in [7, 11) is 0. The minimum atomic E-state index is -0.403. The van der Waals surface area contributed by atoms with Gasteiger partial charge in [-0.3, -0.25) is 14.5 Å². The van der Waals surface area contributed by atoms with Crippen molar-refractivity contribution in [1.82, 2.24) is 4.90 Å². The Morgan fingerprint density at radius 1 is 0.889 bits per heavy atom. The quantitative estimate of drug-likeness (QED) is 0.602. The lowest BCUT2D eigenvalue weighted by molar-refractivity contribution is -0.142. The lowest BCUT2D eigenvalue weighted by Gasteiger charge is -2.27. The second kappa shape index (κ2) is 11.1. The van der Waals surface area contributed by atoms with Gasteiger partial charge in [0.1, 0.15) is 6.54 Å². The van der Waals surface area contributed by atoms with Crippen molar-refractivity contribution in [3.05, 3.63) is 66.2 Å². The van der Waals surface area contributed by atoms with E-state index in [2.05, 4.69) is 24.0 Å². The highest BCUT2D eigenvalue weighted by molar-refractivity contribution is 5.98. The van der Waals surface area contributed by atoms with Crippen LogP contribution in [0.4, 0.5) is 5.69 Å². The third-order valence-electron chi connectivity index (χ3n) is 4.11. The number of rotatable bonds is 10. The second-order valence-electron chi connectivity index (χ2n) is 6.32. The third kappa shape index (κ3) is 6.87. The number of hydrogen-bond acceptors (Lipinski definition) is 4. The van der Waals surface area contributed by atoms with Crippen molar-refractivity contribution in [2.24, 2.45) is 0 Å². The average Bonchev–Trinajstić information content (AvgIpc) is 2.68. The molecule has 0 unspecified atom stereocenters. The van der Waals surface area contributed by atoms with Crippen LogP contribution in [0.15, 0.2) is 60.7 Å². The molecule has 0 saturated heterocycles. The highest BCUT2D eigenvalue weighted by atomic mass is 16.5. The second-order valence-corrected chi connectivity index (χ2v) is 6.32. The number of benzene rings is 2. The SMILES string of the molecule is CCCN(CC(=O)N(CC(=O)OCC)c1ccccc1)Cc1ccccc1. The molecular weight excluding hydrogens is 340 g/mol. The largest absolute Gasteiger partial charge is 0.465 e. The van der Waals surface area contributed by atoms with Gasteiger partial charge in [0.25, 0.3) is 0 Å². The van der Waals surface area contributed by atoms with Crippen LogP contribution in [0.25, 0.3) is 0 Å². The fraction of sp³-hybridized carbons (Fsp3) is 0.364. The van der Waals surface area contributed by atoms with Crippen molar-refractivity contribution >= 4 is 17.6 Å². The number of anilines is 1. The van der Waals surface area contributed by atoms with E-state index in [1.54, 1.807) is 6.92 Å². The Labute approximate surface area is 161 Å². The Morgan fingerprint density at radius 3 is 2.11 bits per heavy atom. The zero-order valence-electron chi connectivity index (χ0n) is 16.1. The minimum absolute atomic E-state index is 0.0814. The molecule has 0 heterocycles. The van der Waals surface area contributed by atoms with Crippen LogP contribution in [0.2, 0.25) is 0 Å². The van der Waals surface area contributed by atoms with Gasteiger partial charge in [-0.15, -0.1) is 0 Å². The van der Waals surface area contributed by atoms with Gasteiger partial charge in [-0.25, -0.2) is 0 Å². The number of esters is 1. The summed E-state index contributed by atoms with van der Waals surface area (Å²) >= 11 is 0. The van der Waals surface area contributed by atoms with Crippen molar-refractivity contribution in [3.63, 3.8) is 0 Å². The maximum atomic E-state index is 13.0. The molecule has 1 amide bonds. The first kappa shape index (κ1) is 20.6. The zero-order valence-corrected chi connectivity index (χ0v) is 16.1. The first-order valence-electron chi connectivity index (χ1n) is 9.41. The minimum Gasteiger partial charge on any atom is -0.465 e. The summed E-state index contributed by atoms with van der Waals surface area (Å²) in [6, 6.07) is 19.3. The molecule has 0 aromatic heterocycles. The summed E-state index contributed by atoms with van der Waals surface area (Å²) in [5.41, 5.74) is 1.86. The highest BCUT2D eigenvalue weighted by Gasteiger charge is 2.22. The molecule has 5 nitrogen and oxygen atoms in total. The molecule has 0 fully saturated rings. The van der Waals surface area contributed by atoms with Crippen molar-refractivity contribution in [3.8, 4) is 0 Å². The number of ether oxygens (including phenoxy) is 1. The fourth-order valence-corrected chi connectivity index (χ4v) is 2.92. The number of para-hydroxylation sites is 1. The number of nitrogens with zero attached hydrogens (tertiary/aromatic N) is 2. The van der Waals surface area contributed by atoms with Crippen LogP contribution < -0.4 is 4.90 Å². The molecule has 0 spiro atoms. The van der Waals surface area contributed by atoms with Crippen molar-refractivity contribution in [2.45, 2.75) is 26.8 Å². The Bertz CT molecular complexity index is 704. The van der Waals surface area contributed by atoms with Crippen LogP contribution in [0, 0.1) is 0 Å².